The zero-order valence-corrected chi connectivity index (χ0v) is 10.9. The first kappa shape index (κ1) is 12.6. The molecule has 2 unspecified atom stereocenters. The van der Waals surface area contributed by atoms with Gasteiger partial charge in [0.25, 0.3) is 10.0 Å². The summed E-state index contributed by atoms with van der Waals surface area (Å²) in [5.41, 5.74) is 0. The molecule has 0 radical (unpaired) electrons. The van der Waals surface area contributed by atoms with Gasteiger partial charge in [0.2, 0.25) is 5.09 Å². The molecular weight excluding hydrogens is 240 g/mol. The number of hydrogen-bond donors (Lipinski definition) is 2. The molecule has 2 rings (SSSR count). The van der Waals surface area contributed by atoms with Crippen LogP contribution < -0.4 is 10.0 Å². The Hall–Kier alpha value is -0.850. The summed E-state index contributed by atoms with van der Waals surface area (Å²) in [5.74, 6) is 1.10. The van der Waals surface area contributed by atoms with Crippen LogP contribution in [-0.4, -0.2) is 21.5 Å². The molecule has 0 aromatic carbocycles. The van der Waals surface area contributed by atoms with Gasteiger partial charge in [-0.05, 0) is 31.5 Å². The zero-order chi connectivity index (χ0) is 12.5. The van der Waals surface area contributed by atoms with E-state index in [-0.39, 0.29) is 11.1 Å². The molecule has 17 heavy (non-hydrogen) atoms. The van der Waals surface area contributed by atoms with E-state index in [2.05, 4.69) is 17.0 Å². The summed E-state index contributed by atoms with van der Waals surface area (Å²) in [6, 6.07) is 3.26. The van der Waals surface area contributed by atoms with Gasteiger partial charge in [-0.2, -0.15) is 0 Å². The Kier molecular flexibility index (Phi) is 3.56. The van der Waals surface area contributed by atoms with E-state index in [1.165, 1.54) is 6.07 Å². The lowest BCUT2D eigenvalue weighted by atomic mass is 10.3. The SMILES string of the molecule is CCC1CC1NS(=O)(=O)c1ccc(CNC)o1. The molecule has 0 bridgehead atoms. The van der Waals surface area contributed by atoms with Crippen LogP contribution >= 0.6 is 0 Å². The molecule has 0 spiro atoms. The quantitative estimate of drug-likeness (QED) is 0.801. The fourth-order valence-electron chi connectivity index (χ4n) is 1.87. The van der Waals surface area contributed by atoms with Crippen LogP contribution in [0.25, 0.3) is 0 Å². The third kappa shape index (κ3) is 2.88. The van der Waals surface area contributed by atoms with Crippen molar-refractivity contribution in [3.63, 3.8) is 0 Å². The summed E-state index contributed by atoms with van der Waals surface area (Å²) in [7, 11) is -1.70. The van der Waals surface area contributed by atoms with Gasteiger partial charge in [0.1, 0.15) is 5.76 Å². The molecule has 0 aliphatic heterocycles. The van der Waals surface area contributed by atoms with Gasteiger partial charge in [0.15, 0.2) is 0 Å². The van der Waals surface area contributed by atoms with Gasteiger partial charge in [0.05, 0.1) is 6.54 Å². The van der Waals surface area contributed by atoms with Crippen LogP contribution in [-0.2, 0) is 16.6 Å². The van der Waals surface area contributed by atoms with Crippen molar-refractivity contribution >= 4 is 10.0 Å². The molecule has 1 aromatic rings. The normalized spacial score (nSPS) is 23.9. The average molecular weight is 258 g/mol. The Bertz CT molecular complexity index is 481. The molecule has 1 aromatic heterocycles. The number of rotatable bonds is 6. The van der Waals surface area contributed by atoms with E-state index in [9.17, 15) is 8.42 Å². The van der Waals surface area contributed by atoms with Crippen LogP contribution in [0, 0.1) is 5.92 Å². The van der Waals surface area contributed by atoms with Gasteiger partial charge in [-0.1, -0.05) is 13.3 Å². The van der Waals surface area contributed by atoms with Gasteiger partial charge in [-0.3, -0.25) is 0 Å². The molecule has 0 amide bonds. The second-order valence-corrected chi connectivity index (χ2v) is 6.03. The molecule has 0 saturated heterocycles. The second-order valence-electron chi connectivity index (χ2n) is 4.38. The van der Waals surface area contributed by atoms with E-state index in [4.69, 9.17) is 4.42 Å². The third-order valence-corrected chi connectivity index (χ3v) is 4.37. The summed E-state index contributed by atoms with van der Waals surface area (Å²) in [6.45, 7) is 2.59. The highest BCUT2D eigenvalue weighted by atomic mass is 32.2. The van der Waals surface area contributed by atoms with Crippen molar-refractivity contribution in [2.24, 2.45) is 5.92 Å². The maximum Gasteiger partial charge on any atom is 0.274 e. The highest BCUT2D eigenvalue weighted by Crippen LogP contribution is 2.34. The van der Waals surface area contributed by atoms with Gasteiger partial charge in [0, 0.05) is 6.04 Å². The molecule has 2 atom stereocenters. The lowest BCUT2D eigenvalue weighted by Gasteiger charge is -2.02. The second kappa shape index (κ2) is 4.80. The van der Waals surface area contributed by atoms with E-state index in [1.807, 2.05) is 0 Å². The van der Waals surface area contributed by atoms with Crippen molar-refractivity contribution in [1.29, 1.82) is 0 Å². The predicted octanol–water partition coefficient (Wildman–Crippen LogP) is 1.08. The maximum atomic E-state index is 11.9. The highest BCUT2D eigenvalue weighted by Gasteiger charge is 2.39. The first-order chi connectivity index (χ1) is 8.06. The van der Waals surface area contributed by atoms with Crippen LogP contribution in [0.15, 0.2) is 21.6 Å². The van der Waals surface area contributed by atoms with Crippen LogP contribution in [0.3, 0.4) is 0 Å². The molecule has 1 fully saturated rings. The monoisotopic (exact) mass is 258 g/mol. The molecule has 1 saturated carbocycles. The predicted molar refractivity (Wildman–Crippen MR) is 64.0 cm³/mol. The van der Waals surface area contributed by atoms with E-state index in [0.717, 1.165) is 12.8 Å². The van der Waals surface area contributed by atoms with Gasteiger partial charge >= 0.3 is 0 Å². The first-order valence-corrected chi connectivity index (χ1v) is 7.30. The zero-order valence-electron chi connectivity index (χ0n) is 10.1. The van der Waals surface area contributed by atoms with E-state index in [1.54, 1.807) is 13.1 Å². The summed E-state index contributed by atoms with van der Waals surface area (Å²) in [5, 5.41) is 2.91. The standard InChI is InChI=1S/C11H18N2O3S/c1-3-8-6-10(8)13-17(14,15)11-5-4-9(16-11)7-12-2/h4-5,8,10,12-13H,3,6-7H2,1-2H3. The molecule has 1 heterocycles. The number of furan rings is 1. The van der Waals surface area contributed by atoms with Gasteiger partial charge in [-0.15, -0.1) is 0 Å². The van der Waals surface area contributed by atoms with Crippen molar-refractivity contribution < 1.29 is 12.8 Å². The smallest absolute Gasteiger partial charge is 0.274 e. The summed E-state index contributed by atoms with van der Waals surface area (Å²) < 4.78 is 31.8. The third-order valence-electron chi connectivity index (χ3n) is 3.01. The molecule has 2 N–H and O–H groups in total. The van der Waals surface area contributed by atoms with Crippen LogP contribution in [0.1, 0.15) is 25.5 Å². The Morgan fingerprint density at radius 3 is 2.82 bits per heavy atom. The van der Waals surface area contributed by atoms with Crippen molar-refractivity contribution in [3.8, 4) is 0 Å². The fraction of sp³-hybridized carbons (Fsp3) is 0.636. The lowest BCUT2D eigenvalue weighted by molar-refractivity contribution is 0.404. The van der Waals surface area contributed by atoms with Crippen molar-refractivity contribution in [2.75, 3.05) is 7.05 Å². The minimum Gasteiger partial charge on any atom is -0.447 e. The van der Waals surface area contributed by atoms with Crippen LogP contribution in [0.2, 0.25) is 0 Å². The Morgan fingerprint density at radius 2 is 2.24 bits per heavy atom. The minimum atomic E-state index is -3.48. The fourth-order valence-corrected chi connectivity index (χ4v) is 3.14. The largest absolute Gasteiger partial charge is 0.447 e. The summed E-state index contributed by atoms with van der Waals surface area (Å²) in [4.78, 5) is 0. The summed E-state index contributed by atoms with van der Waals surface area (Å²) >= 11 is 0. The number of nitrogens with one attached hydrogen (secondary N) is 2. The first-order valence-electron chi connectivity index (χ1n) is 5.82. The maximum absolute atomic E-state index is 11.9. The topological polar surface area (TPSA) is 71.3 Å². The minimum absolute atomic E-state index is 0.00417. The Labute approximate surface area is 102 Å². The highest BCUT2D eigenvalue weighted by molar-refractivity contribution is 7.89. The lowest BCUT2D eigenvalue weighted by Crippen LogP contribution is -2.26. The van der Waals surface area contributed by atoms with Crippen molar-refractivity contribution in [2.45, 2.75) is 37.4 Å². The molecule has 5 nitrogen and oxygen atoms in total. The van der Waals surface area contributed by atoms with Crippen molar-refractivity contribution in [3.05, 3.63) is 17.9 Å². The van der Waals surface area contributed by atoms with Crippen LogP contribution in [0.5, 0.6) is 0 Å². The molecular formula is C11H18N2O3S. The molecule has 1 aliphatic rings. The number of hydrogen-bond acceptors (Lipinski definition) is 4. The molecule has 1 aliphatic carbocycles. The van der Waals surface area contributed by atoms with Gasteiger partial charge in [-0.25, -0.2) is 13.1 Å². The van der Waals surface area contributed by atoms with Crippen LogP contribution in [0.4, 0.5) is 0 Å². The van der Waals surface area contributed by atoms with E-state index < -0.39 is 10.0 Å². The van der Waals surface area contributed by atoms with Gasteiger partial charge < -0.3 is 9.73 Å². The Morgan fingerprint density at radius 1 is 1.47 bits per heavy atom. The average Bonchev–Trinajstić information content (AvgIpc) is 2.82. The van der Waals surface area contributed by atoms with E-state index in [0.29, 0.717) is 18.2 Å². The number of sulfonamides is 1. The molecule has 96 valence electrons. The molecule has 6 heteroatoms. The Balaban J connectivity index is 2.04. The summed E-state index contributed by atoms with van der Waals surface area (Å²) in [6.07, 6.45) is 1.94. The van der Waals surface area contributed by atoms with Crippen molar-refractivity contribution in [1.82, 2.24) is 10.0 Å². The van der Waals surface area contributed by atoms with E-state index >= 15 is 0 Å².